The number of nitrogens with zero attached hydrogens (tertiary/aromatic N) is 1. The Morgan fingerprint density at radius 2 is 2.09 bits per heavy atom. The Kier molecular flexibility index (Phi) is 6.80. The SMILES string of the molecule is CNCC1CCCN1S(=O)(=O)c1ccccc1C(=O)OC.Cl. The Hall–Kier alpha value is -1.15. The molecule has 2 rings (SSSR count). The molecular weight excluding hydrogens is 328 g/mol. The Morgan fingerprint density at radius 3 is 2.73 bits per heavy atom. The number of sulfonamides is 1. The van der Waals surface area contributed by atoms with Crippen molar-refractivity contribution in [2.75, 3.05) is 27.2 Å². The standard InChI is InChI=1S/C14H20N2O4S.ClH/c1-15-10-11-6-5-9-16(11)21(18,19)13-8-4-3-7-12(13)14(17)20-2;/h3-4,7-8,11,15H,5-6,9-10H2,1-2H3;1H. The number of carbonyl (C=O) groups is 1. The van der Waals surface area contributed by atoms with Crippen LogP contribution in [0.5, 0.6) is 0 Å². The quantitative estimate of drug-likeness (QED) is 0.811. The lowest BCUT2D eigenvalue weighted by Gasteiger charge is -2.24. The first kappa shape index (κ1) is 18.9. The number of hydrogen-bond donors (Lipinski definition) is 1. The highest BCUT2D eigenvalue weighted by atomic mass is 35.5. The van der Waals surface area contributed by atoms with Crippen LogP contribution in [-0.4, -0.2) is 52.0 Å². The minimum absolute atomic E-state index is 0. The number of benzene rings is 1. The van der Waals surface area contributed by atoms with Crippen molar-refractivity contribution in [3.8, 4) is 0 Å². The van der Waals surface area contributed by atoms with E-state index in [-0.39, 0.29) is 28.9 Å². The van der Waals surface area contributed by atoms with E-state index in [1.54, 1.807) is 19.2 Å². The molecule has 22 heavy (non-hydrogen) atoms. The number of carbonyl (C=O) groups excluding carboxylic acids is 1. The highest BCUT2D eigenvalue weighted by Gasteiger charge is 2.36. The molecule has 0 bridgehead atoms. The van der Waals surface area contributed by atoms with Crippen LogP contribution >= 0.6 is 12.4 Å². The van der Waals surface area contributed by atoms with Gasteiger partial charge in [-0.25, -0.2) is 13.2 Å². The molecule has 1 saturated heterocycles. The number of halogens is 1. The van der Waals surface area contributed by atoms with Crippen molar-refractivity contribution in [2.45, 2.75) is 23.8 Å². The van der Waals surface area contributed by atoms with Crippen molar-refractivity contribution in [3.05, 3.63) is 29.8 Å². The third-order valence-electron chi connectivity index (χ3n) is 3.64. The highest BCUT2D eigenvalue weighted by Crippen LogP contribution is 2.28. The predicted molar refractivity (Wildman–Crippen MR) is 85.9 cm³/mol. The predicted octanol–water partition coefficient (Wildman–Crippen LogP) is 1.27. The first-order chi connectivity index (χ1) is 10.0. The van der Waals surface area contributed by atoms with Crippen molar-refractivity contribution < 1.29 is 17.9 Å². The largest absolute Gasteiger partial charge is 0.465 e. The van der Waals surface area contributed by atoms with Crippen LogP contribution in [-0.2, 0) is 14.8 Å². The van der Waals surface area contributed by atoms with Crippen LogP contribution in [0, 0.1) is 0 Å². The molecule has 0 spiro atoms. The topological polar surface area (TPSA) is 75.7 Å². The summed E-state index contributed by atoms with van der Waals surface area (Å²) in [6.07, 6.45) is 1.65. The zero-order valence-corrected chi connectivity index (χ0v) is 14.2. The molecular formula is C14H21ClN2O4S. The van der Waals surface area contributed by atoms with Crippen molar-refractivity contribution in [2.24, 2.45) is 0 Å². The summed E-state index contributed by atoms with van der Waals surface area (Å²) in [5, 5.41) is 3.01. The summed E-state index contributed by atoms with van der Waals surface area (Å²) < 4.78 is 31.9. The van der Waals surface area contributed by atoms with Crippen molar-refractivity contribution in [1.82, 2.24) is 9.62 Å². The van der Waals surface area contributed by atoms with Gasteiger partial charge in [0.1, 0.15) is 0 Å². The van der Waals surface area contributed by atoms with E-state index in [9.17, 15) is 13.2 Å². The lowest BCUT2D eigenvalue weighted by atomic mass is 10.2. The van der Waals surface area contributed by atoms with E-state index in [0.717, 1.165) is 12.8 Å². The van der Waals surface area contributed by atoms with E-state index in [2.05, 4.69) is 10.1 Å². The molecule has 124 valence electrons. The zero-order valence-electron chi connectivity index (χ0n) is 12.6. The van der Waals surface area contributed by atoms with E-state index in [1.165, 1.54) is 23.5 Å². The summed E-state index contributed by atoms with van der Waals surface area (Å²) in [5.41, 5.74) is 0.0788. The molecule has 0 aromatic heterocycles. The second-order valence-electron chi connectivity index (χ2n) is 4.96. The van der Waals surface area contributed by atoms with Gasteiger partial charge < -0.3 is 10.1 Å². The zero-order chi connectivity index (χ0) is 15.5. The fourth-order valence-corrected chi connectivity index (χ4v) is 4.54. The van der Waals surface area contributed by atoms with Gasteiger partial charge in [-0.3, -0.25) is 0 Å². The monoisotopic (exact) mass is 348 g/mol. The van der Waals surface area contributed by atoms with Gasteiger partial charge >= 0.3 is 5.97 Å². The van der Waals surface area contributed by atoms with Crippen LogP contribution in [0.15, 0.2) is 29.2 Å². The first-order valence-corrected chi connectivity index (χ1v) is 8.30. The number of likely N-dealkylation sites (N-methyl/N-ethyl adjacent to an activating group) is 1. The second-order valence-corrected chi connectivity index (χ2v) is 6.82. The summed E-state index contributed by atoms with van der Waals surface area (Å²) in [7, 11) is -0.665. The average Bonchev–Trinajstić information content (AvgIpc) is 2.96. The van der Waals surface area contributed by atoms with Crippen LogP contribution in [0.25, 0.3) is 0 Å². The van der Waals surface area contributed by atoms with Gasteiger partial charge in [0.05, 0.1) is 17.6 Å². The lowest BCUT2D eigenvalue weighted by molar-refractivity contribution is 0.0596. The van der Waals surface area contributed by atoms with Crippen LogP contribution in [0.1, 0.15) is 23.2 Å². The number of rotatable bonds is 5. The molecule has 1 unspecified atom stereocenters. The van der Waals surface area contributed by atoms with E-state index in [4.69, 9.17) is 0 Å². The van der Waals surface area contributed by atoms with Gasteiger partial charge in [0.15, 0.2) is 0 Å². The molecule has 1 fully saturated rings. The molecule has 1 aromatic carbocycles. The van der Waals surface area contributed by atoms with Crippen molar-refractivity contribution in [1.29, 1.82) is 0 Å². The smallest absolute Gasteiger partial charge is 0.339 e. The van der Waals surface area contributed by atoms with Gasteiger partial charge in [-0.15, -0.1) is 12.4 Å². The summed E-state index contributed by atoms with van der Waals surface area (Å²) in [6, 6.07) is 6.09. The Bertz CT molecular complexity index is 621. The molecule has 0 aliphatic carbocycles. The number of hydrogen-bond acceptors (Lipinski definition) is 5. The Labute approximate surface area is 137 Å². The van der Waals surface area contributed by atoms with Crippen LogP contribution in [0.3, 0.4) is 0 Å². The third-order valence-corrected chi connectivity index (χ3v) is 5.65. The summed E-state index contributed by atoms with van der Waals surface area (Å²) in [4.78, 5) is 11.8. The number of nitrogens with one attached hydrogen (secondary N) is 1. The summed E-state index contributed by atoms with van der Waals surface area (Å²) in [6.45, 7) is 1.07. The van der Waals surface area contributed by atoms with E-state index in [0.29, 0.717) is 13.1 Å². The Balaban J connectivity index is 0.00000242. The summed E-state index contributed by atoms with van der Waals surface area (Å²) in [5.74, 6) is -0.640. The molecule has 1 heterocycles. The van der Waals surface area contributed by atoms with E-state index in [1.807, 2.05) is 0 Å². The molecule has 0 saturated carbocycles. The lowest BCUT2D eigenvalue weighted by Crippen LogP contribution is -2.41. The van der Waals surface area contributed by atoms with Gasteiger partial charge in [-0.1, -0.05) is 12.1 Å². The van der Waals surface area contributed by atoms with Gasteiger partial charge in [0.25, 0.3) is 0 Å². The molecule has 1 aromatic rings. The molecule has 0 amide bonds. The maximum absolute atomic E-state index is 12.9. The molecule has 1 N–H and O–H groups in total. The van der Waals surface area contributed by atoms with Crippen LogP contribution in [0.4, 0.5) is 0 Å². The van der Waals surface area contributed by atoms with Gasteiger partial charge in [-0.05, 0) is 32.0 Å². The van der Waals surface area contributed by atoms with Gasteiger partial charge in [0.2, 0.25) is 10.0 Å². The highest BCUT2D eigenvalue weighted by molar-refractivity contribution is 7.89. The van der Waals surface area contributed by atoms with E-state index < -0.39 is 16.0 Å². The maximum Gasteiger partial charge on any atom is 0.339 e. The second kappa shape index (κ2) is 7.92. The molecule has 1 aliphatic rings. The van der Waals surface area contributed by atoms with Crippen LogP contribution in [0.2, 0.25) is 0 Å². The molecule has 1 atom stereocenters. The van der Waals surface area contributed by atoms with Crippen molar-refractivity contribution in [3.63, 3.8) is 0 Å². The summed E-state index contributed by atoms with van der Waals surface area (Å²) >= 11 is 0. The molecule has 8 heteroatoms. The molecule has 6 nitrogen and oxygen atoms in total. The van der Waals surface area contributed by atoms with Crippen molar-refractivity contribution >= 4 is 28.4 Å². The minimum atomic E-state index is -3.70. The van der Waals surface area contributed by atoms with Crippen LogP contribution < -0.4 is 5.32 Å². The maximum atomic E-state index is 12.9. The van der Waals surface area contributed by atoms with Gasteiger partial charge in [-0.2, -0.15) is 4.31 Å². The Morgan fingerprint density at radius 1 is 1.41 bits per heavy atom. The number of ether oxygens (including phenoxy) is 1. The number of methoxy groups -OCH3 is 1. The third kappa shape index (κ3) is 3.60. The average molecular weight is 349 g/mol. The van der Waals surface area contributed by atoms with Gasteiger partial charge in [0, 0.05) is 19.1 Å². The minimum Gasteiger partial charge on any atom is -0.465 e. The number of esters is 1. The fraction of sp³-hybridized carbons (Fsp3) is 0.500. The normalized spacial score (nSPS) is 18.7. The van der Waals surface area contributed by atoms with E-state index >= 15 is 0 Å². The molecule has 0 radical (unpaired) electrons. The first-order valence-electron chi connectivity index (χ1n) is 6.86. The molecule has 1 aliphatic heterocycles. The fourth-order valence-electron chi connectivity index (χ4n) is 2.66.